The molecule has 0 fully saturated rings. The van der Waals surface area contributed by atoms with Gasteiger partial charge in [0.15, 0.2) is 0 Å². The van der Waals surface area contributed by atoms with Gasteiger partial charge in [0.25, 0.3) is 5.56 Å². The fourth-order valence-corrected chi connectivity index (χ4v) is 1.51. The SMILES string of the molecule is CC(=O)n1c(=O)ccc2ccccc21. The van der Waals surface area contributed by atoms with Crippen molar-refractivity contribution in [3.05, 3.63) is 46.8 Å². The number of benzene rings is 1. The van der Waals surface area contributed by atoms with Crippen LogP contribution in [0.5, 0.6) is 0 Å². The number of para-hydroxylation sites is 1. The summed E-state index contributed by atoms with van der Waals surface area (Å²) < 4.78 is 1.18. The maximum Gasteiger partial charge on any atom is 0.257 e. The molecule has 0 amide bonds. The average molecular weight is 187 g/mol. The minimum atomic E-state index is -0.281. The number of carbonyl (C=O) groups excluding carboxylic acids is 1. The minimum Gasteiger partial charge on any atom is -0.274 e. The fourth-order valence-electron chi connectivity index (χ4n) is 1.51. The molecule has 0 saturated heterocycles. The number of rotatable bonds is 0. The van der Waals surface area contributed by atoms with Gasteiger partial charge in [-0.3, -0.25) is 9.59 Å². The lowest BCUT2D eigenvalue weighted by Gasteiger charge is -2.04. The van der Waals surface area contributed by atoms with E-state index in [2.05, 4.69) is 0 Å². The first kappa shape index (κ1) is 8.69. The zero-order valence-electron chi connectivity index (χ0n) is 7.73. The number of hydrogen-bond acceptors (Lipinski definition) is 2. The van der Waals surface area contributed by atoms with Gasteiger partial charge < -0.3 is 0 Å². The maximum absolute atomic E-state index is 11.4. The first-order valence-electron chi connectivity index (χ1n) is 4.32. The molecular formula is C11H9NO2. The second-order valence-corrected chi connectivity index (χ2v) is 3.08. The smallest absolute Gasteiger partial charge is 0.257 e. The highest BCUT2D eigenvalue weighted by molar-refractivity contribution is 5.89. The van der Waals surface area contributed by atoms with E-state index in [1.807, 2.05) is 12.1 Å². The predicted octanol–water partition coefficient (Wildman–Crippen LogP) is 1.66. The molecule has 0 bridgehead atoms. The van der Waals surface area contributed by atoms with E-state index in [0.29, 0.717) is 5.52 Å². The molecule has 3 nitrogen and oxygen atoms in total. The number of nitrogens with zero attached hydrogens (tertiary/aromatic N) is 1. The topological polar surface area (TPSA) is 39.1 Å². The van der Waals surface area contributed by atoms with E-state index in [-0.39, 0.29) is 11.5 Å². The molecule has 0 radical (unpaired) electrons. The zero-order chi connectivity index (χ0) is 10.1. The lowest BCUT2D eigenvalue weighted by molar-refractivity contribution is 0.0938. The van der Waals surface area contributed by atoms with Crippen molar-refractivity contribution < 1.29 is 4.79 Å². The molecule has 0 atom stereocenters. The van der Waals surface area contributed by atoms with Gasteiger partial charge in [-0.15, -0.1) is 0 Å². The first-order chi connectivity index (χ1) is 6.70. The van der Waals surface area contributed by atoms with Crippen LogP contribution in [0.4, 0.5) is 0 Å². The molecule has 0 aliphatic rings. The van der Waals surface area contributed by atoms with E-state index in [1.165, 1.54) is 17.6 Å². The van der Waals surface area contributed by atoms with Gasteiger partial charge in [0.1, 0.15) is 0 Å². The third-order valence-corrected chi connectivity index (χ3v) is 2.12. The number of aromatic nitrogens is 1. The minimum absolute atomic E-state index is 0.258. The fraction of sp³-hybridized carbons (Fsp3) is 0.0909. The van der Waals surface area contributed by atoms with Crippen molar-refractivity contribution in [3.63, 3.8) is 0 Å². The van der Waals surface area contributed by atoms with Gasteiger partial charge in [-0.25, -0.2) is 4.57 Å². The van der Waals surface area contributed by atoms with Crippen molar-refractivity contribution in [2.24, 2.45) is 0 Å². The monoisotopic (exact) mass is 187 g/mol. The molecule has 1 heterocycles. The molecule has 0 N–H and O–H groups in total. The Kier molecular flexibility index (Phi) is 1.93. The summed E-state index contributed by atoms with van der Waals surface area (Å²) in [5, 5.41) is 0.891. The molecule has 0 aliphatic heterocycles. The Bertz CT molecular complexity index is 554. The van der Waals surface area contributed by atoms with Crippen LogP contribution in [-0.4, -0.2) is 10.5 Å². The van der Waals surface area contributed by atoms with E-state index < -0.39 is 0 Å². The van der Waals surface area contributed by atoms with Crippen LogP contribution < -0.4 is 5.56 Å². The van der Waals surface area contributed by atoms with E-state index in [1.54, 1.807) is 18.2 Å². The highest BCUT2D eigenvalue weighted by Crippen LogP contribution is 2.10. The van der Waals surface area contributed by atoms with Crippen LogP contribution >= 0.6 is 0 Å². The Balaban J connectivity index is 2.97. The molecule has 0 unspecified atom stereocenters. The average Bonchev–Trinajstić information content (AvgIpc) is 2.17. The summed E-state index contributed by atoms with van der Waals surface area (Å²) in [6, 6.07) is 10.4. The maximum atomic E-state index is 11.4. The molecule has 14 heavy (non-hydrogen) atoms. The van der Waals surface area contributed by atoms with Crippen LogP contribution in [0.2, 0.25) is 0 Å². The summed E-state index contributed by atoms with van der Waals surface area (Å²) in [7, 11) is 0. The Morgan fingerprint density at radius 3 is 2.57 bits per heavy atom. The van der Waals surface area contributed by atoms with E-state index in [9.17, 15) is 9.59 Å². The van der Waals surface area contributed by atoms with E-state index in [4.69, 9.17) is 0 Å². The molecule has 0 spiro atoms. The van der Waals surface area contributed by atoms with Gasteiger partial charge in [-0.1, -0.05) is 18.2 Å². The summed E-state index contributed by atoms with van der Waals surface area (Å²) in [4.78, 5) is 22.7. The Labute approximate surface area is 80.6 Å². The lowest BCUT2D eigenvalue weighted by atomic mass is 10.2. The summed E-state index contributed by atoms with van der Waals surface area (Å²) in [6.07, 6.45) is 0. The lowest BCUT2D eigenvalue weighted by Crippen LogP contribution is -2.23. The molecule has 70 valence electrons. The Hall–Kier alpha value is -1.90. The highest BCUT2D eigenvalue weighted by atomic mass is 16.2. The summed E-state index contributed by atoms with van der Waals surface area (Å²) in [5.74, 6) is -0.258. The summed E-state index contributed by atoms with van der Waals surface area (Å²) in [5.41, 5.74) is 0.378. The second kappa shape index (κ2) is 3.10. The van der Waals surface area contributed by atoms with Gasteiger partial charge in [0, 0.05) is 13.0 Å². The van der Waals surface area contributed by atoms with Gasteiger partial charge >= 0.3 is 0 Å². The van der Waals surface area contributed by atoms with Crippen molar-refractivity contribution in [2.45, 2.75) is 6.92 Å². The van der Waals surface area contributed by atoms with Crippen molar-refractivity contribution in [1.82, 2.24) is 4.57 Å². The highest BCUT2D eigenvalue weighted by Gasteiger charge is 2.04. The largest absolute Gasteiger partial charge is 0.274 e. The first-order valence-corrected chi connectivity index (χ1v) is 4.32. The van der Waals surface area contributed by atoms with Crippen molar-refractivity contribution in [2.75, 3.05) is 0 Å². The molecule has 3 heteroatoms. The Morgan fingerprint density at radius 1 is 1.14 bits per heavy atom. The molecule has 2 rings (SSSR count). The normalized spacial score (nSPS) is 10.4. The van der Waals surface area contributed by atoms with Crippen LogP contribution in [0.3, 0.4) is 0 Å². The molecule has 1 aromatic carbocycles. The molecule has 0 saturated carbocycles. The third kappa shape index (κ3) is 1.23. The van der Waals surface area contributed by atoms with E-state index in [0.717, 1.165) is 5.39 Å². The number of fused-ring (bicyclic) bond motifs is 1. The summed E-state index contributed by atoms with van der Waals surface area (Å²) in [6.45, 7) is 1.38. The molecule has 1 aromatic heterocycles. The van der Waals surface area contributed by atoms with E-state index >= 15 is 0 Å². The molecule has 2 aromatic rings. The second-order valence-electron chi connectivity index (χ2n) is 3.08. The van der Waals surface area contributed by atoms with Gasteiger partial charge in [0.2, 0.25) is 5.91 Å². The zero-order valence-corrected chi connectivity index (χ0v) is 7.73. The molecular weight excluding hydrogens is 178 g/mol. The van der Waals surface area contributed by atoms with Crippen LogP contribution in [0.1, 0.15) is 11.7 Å². The predicted molar refractivity (Wildman–Crippen MR) is 54.5 cm³/mol. The van der Waals surface area contributed by atoms with Gasteiger partial charge in [-0.2, -0.15) is 0 Å². The standard InChI is InChI=1S/C11H9NO2/c1-8(13)12-10-5-3-2-4-9(10)6-7-11(12)14/h2-7H,1H3. The van der Waals surface area contributed by atoms with Gasteiger partial charge in [-0.05, 0) is 17.5 Å². The number of pyridine rings is 1. The molecule has 0 aliphatic carbocycles. The van der Waals surface area contributed by atoms with Crippen molar-refractivity contribution in [1.29, 1.82) is 0 Å². The van der Waals surface area contributed by atoms with Crippen molar-refractivity contribution in [3.8, 4) is 0 Å². The van der Waals surface area contributed by atoms with Crippen LogP contribution in [0.15, 0.2) is 41.2 Å². The van der Waals surface area contributed by atoms with Crippen LogP contribution in [0, 0.1) is 0 Å². The Morgan fingerprint density at radius 2 is 1.86 bits per heavy atom. The van der Waals surface area contributed by atoms with Crippen LogP contribution in [0.25, 0.3) is 10.9 Å². The summed E-state index contributed by atoms with van der Waals surface area (Å²) >= 11 is 0. The van der Waals surface area contributed by atoms with Crippen LogP contribution in [-0.2, 0) is 0 Å². The quantitative estimate of drug-likeness (QED) is 0.629. The van der Waals surface area contributed by atoms with Gasteiger partial charge in [0.05, 0.1) is 5.52 Å². The number of carbonyl (C=O) groups is 1. The van der Waals surface area contributed by atoms with Crippen molar-refractivity contribution >= 4 is 16.8 Å². The third-order valence-electron chi connectivity index (χ3n) is 2.12. The number of hydrogen-bond donors (Lipinski definition) is 0.